The number of hydrogen-bond acceptors (Lipinski definition) is 4. The zero-order valence-electron chi connectivity index (χ0n) is 14.8. The molecule has 0 saturated carbocycles. The smallest absolute Gasteiger partial charge is 0.746 e. The van der Waals surface area contributed by atoms with Gasteiger partial charge in [0.1, 0.15) is 10.1 Å². The Morgan fingerprint density at radius 3 is 1.55 bits per heavy atom. The molecule has 0 rings (SSSR count). The summed E-state index contributed by atoms with van der Waals surface area (Å²) in [6.45, 7) is 4.11. The molecule has 22 heavy (non-hydrogen) atoms. The van der Waals surface area contributed by atoms with Crippen LogP contribution in [0.25, 0.3) is 0 Å². The van der Waals surface area contributed by atoms with Crippen LogP contribution in [0.2, 0.25) is 0 Å². The summed E-state index contributed by atoms with van der Waals surface area (Å²) >= 11 is 0. The van der Waals surface area contributed by atoms with Gasteiger partial charge < -0.3 is 9.66 Å². The minimum atomic E-state index is -4.64. The first kappa shape index (κ1) is 25.7. The first-order chi connectivity index (χ1) is 9.87. The molecule has 0 heterocycles. The fourth-order valence-corrected chi connectivity index (χ4v) is 3.33. The summed E-state index contributed by atoms with van der Waals surface area (Å²) in [5, 5.41) is 10.1. The molecule has 0 aromatic rings. The molecule has 1 unspecified atom stereocenters. The zero-order valence-corrected chi connectivity index (χ0v) is 18.7. The predicted octanol–water partition coefficient (Wildman–Crippen LogP) is 1.34. The van der Waals surface area contributed by atoms with E-state index in [0.717, 1.165) is 25.7 Å². The molecule has 0 aliphatic carbocycles. The molecule has 0 aliphatic rings. The summed E-state index contributed by atoms with van der Waals surface area (Å²) in [4.78, 5) is -2.05. The van der Waals surface area contributed by atoms with E-state index in [0.29, 0.717) is 12.8 Å². The molecule has 0 amide bonds. The fourth-order valence-electron chi connectivity index (χ4n) is 2.54. The molecule has 0 spiro atoms. The van der Waals surface area contributed by atoms with Crippen molar-refractivity contribution in [1.82, 2.24) is 0 Å². The van der Waals surface area contributed by atoms with E-state index in [1.807, 2.05) is 6.92 Å². The standard InChI is InChI=1S/C16H34O4S.K/c1-3-5-7-8-9-10-11-12-13-15-16(17,14-6-4-2)21(18,19)20;/h17H,3-15H2,1-2H3,(H,18,19,20);/q;+1/p-1. The van der Waals surface area contributed by atoms with Crippen LogP contribution in [-0.2, 0) is 10.1 Å². The van der Waals surface area contributed by atoms with Crippen LogP contribution in [0.4, 0.5) is 0 Å². The second-order valence-corrected chi connectivity index (χ2v) is 7.75. The van der Waals surface area contributed by atoms with Gasteiger partial charge in [-0.25, -0.2) is 8.42 Å². The van der Waals surface area contributed by atoms with E-state index in [-0.39, 0.29) is 64.2 Å². The number of hydrogen-bond donors (Lipinski definition) is 1. The van der Waals surface area contributed by atoms with Crippen molar-refractivity contribution in [1.29, 1.82) is 0 Å². The van der Waals surface area contributed by atoms with Crippen molar-refractivity contribution in [2.75, 3.05) is 0 Å². The third kappa shape index (κ3) is 12.0. The van der Waals surface area contributed by atoms with Crippen LogP contribution in [0, 0.1) is 0 Å². The average Bonchev–Trinajstić information content (AvgIpc) is 2.42. The summed E-state index contributed by atoms with van der Waals surface area (Å²) in [6.07, 6.45) is 11.5. The van der Waals surface area contributed by atoms with Crippen molar-refractivity contribution in [3.05, 3.63) is 0 Å². The maximum Gasteiger partial charge on any atom is 1.00 e. The molecule has 0 bridgehead atoms. The van der Waals surface area contributed by atoms with Gasteiger partial charge in [-0.15, -0.1) is 0 Å². The second-order valence-electron chi connectivity index (χ2n) is 6.08. The Labute approximate surface area is 180 Å². The van der Waals surface area contributed by atoms with Gasteiger partial charge >= 0.3 is 51.4 Å². The Bertz CT molecular complexity index is 346. The minimum absolute atomic E-state index is 0. The van der Waals surface area contributed by atoms with E-state index in [2.05, 4.69) is 6.92 Å². The Hall–Kier alpha value is 1.51. The topological polar surface area (TPSA) is 77.4 Å². The summed E-state index contributed by atoms with van der Waals surface area (Å²) in [7, 11) is -4.64. The average molecular weight is 361 g/mol. The fraction of sp³-hybridized carbons (Fsp3) is 1.00. The number of aliphatic hydroxyl groups is 1. The molecular weight excluding hydrogens is 327 g/mol. The molecule has 0 radical (unpaired) electrons. The van der Waals surface area contributed by atoms with Gasteiger partial charge in [0.15, 0.2) is 4.93 Å². The van der Waals surface area contributed by atoms with Gasteiger partial charge in [0, 0.05) is 0 Å². The molecule has 4 nitrogen and oxygen atoms in total. The zero-order chi connectivity index (χ0) is 16.2. The van der Waals surface area contributed by atoms with E-state index in [1.54, 1.807) is 0 Å². The Morgan fingerprint density at radius 2 is 1.14 bits per heavy atom. The van der Waals surface area contributed by atoms with Gasteiger partial charge in [-0.3, -0.25) is 0 Å². The van der Waals surface area contributed by atoms with Crippen molar-refractivity contribution in [3.63, 3.8) is 0 Å². The number of rotatable bonds is 14. The SMILES string of the molecule is CCCCCCCCCCCC(O)(CCCC)S(=O)(=O)[O-].[K+]. The Morgan fingerprint density at radius 1 is 0.773 bits per heavy atom. The van der Waals surface area contributed by atoms with E-state index >= 15 is 0 Å². The van der Waals surface area contributed by atoms with Crippen molar-refractivity contribution in [3.8, 4) is 0 Å². The van der Waals surface area contributed by atoms with Crippen molar-refractivity contribution in [2.45, 2.75) is 102 Å². The monoisotopic (exact) mass is 360 g/mol. The second kappa shape index (κ2) is 14.8. The van der Waals surface area contributed by atoms with Crippen LogP contribution < -0.4 is 51.4 Å². The molecule has 0 aromatic heterocycles. The largest absolute Gasteiger partial charge is 1.00 e. The predicted molar refractivity (Wildman–Crippen MR) is 86.0 cm³/mol. The van der Waals surface area contributed by atoms with Crippen LogP contribution >= 0.6 is 0 Å². The van der Waals surface area contributed by atoms with Gasteiger partial charge in [0.25, 0.3) is 0 Å². The molecule has 1 N–H and O–H groups in total. The maximum atomic E-state index is 11.2. The summed E-state index contributed by atoms with van der Waals surface area (Å²) < 4.78 is 33.7. The summed E-state index contributed by atoms with van der Waals surface area (Å²) in [5.74, 6) is 0. The Kier molecular flexibility index (Phi) is 17.3. The molecule has 0 saturated heterocycles. The number of unbranched alkanes of at least 4 members (excludes halogenated alkanes) is 9. The third-order valence-corrected chi connectivity index (χ3v) is 5.40. The van der Waals surface area contributed by atoms with E-state index < -0.39 is 15.1 Å². The van der Waals surface area contributed by atoms with Crippen LogP contribution in [0.1, 0.15) is 97.3 Å². The van der Waals surface area contributed by atoms with E-state index in [4.69, 9.17) is 0 Å². The van der Waals surface area contributed by atoms with Gasteiger partial charge in [0.05, 0.1) is 0 Å². The van der Waals surface area contributed by atoms with Gasteiger partial charge in [-0.1, -0.05) is 71.6 Å². The van der Waals surface area contributed by atoms with Crippen LogP contribution in [0.3, 0.4) is 0 Å². The van der Waals surface area contributed by atoms with Crippen molar-refractivity contribution >= 4 is 10.1 Å². The van der Waals surface area contributed by atoms with E-state index in [9.17, 15) is 18.1 Å². The minimum Gasteiger partial charge on any atom is -0.746 e. The molecule has 0 aliphatic heterocycles. The molecule has 128 valence electrons. The molecule has 0 aromatic carbocycles. The van der Waals surface area contributed by atoms with Gasteiger partial charge in [-0.05, 0) is 25.7 Å². The van der Waals surface area contributed by atoms with Crippen LogP contribution in [0.15, 0.2) is 0 Å². The van der Waals surface area contributed by atoms with Gasteiger partial charge in [0.2, 0.25) is 0 Å². The molecule has 6 heteroatoms. The third-order valence-electron chi connectivity index (χ3n) is 4.06. The Balaban J connectivity index is 0. The van der Waals surface area contributed by atoms with E-state index in [1.165, 1.54) is 32.1 Å². The molecule has 1 atom stereocenters. The van der Waals surface area contributed by atoms with Crippen LogP contribution in [-0.4, -0.2) is 23.0 Å². The first-order valence-electron chi connectivity index (χ1n) is 8.55. The first-order valence-corrected chi connectivity index (χ1v) is 9.96. The van der Waals surface area contributed by atoms with Crippen LogP contribution in [0.5, 0.6) is 0 Å². The molecular formula is C16H33KO4S. The summed E-state index contributed by atoms with van der Waals surface area (Å²) in [5.41, 5.74) is 0. The normalized spacial score (nSPS) is 14.4. The van der Waals surface area contributed by atoms with Crippen molar-refractivity contribution < 1.29 is 69.5 Å². The summed E-state index contributed by atoms with van der Waals surface area (Å²) in [6, 6.07) is 0. The maximum absolute atomic E-state index is 11.2. The van der Waals surface area contributed by atoms with Crippen molar-refractivity contribution in [2.24, 2.45) is 0 Å². The molecule has 0 fully saturated rings. The van der Waals surface area contributed by atoms with Gasteiger partial charge in [-0.2, -0.15) is 0 Å². The quantitative estimate of drug-likeness (QED) is 0.288.